The number of hydrogen-bond acceptors (Lipinski definition) is 6. The fourth-order valence-electron chi connectivity index (χ4n) is 2.30. The molecule has 1 aromatic rings. The van der Waals surface area contributed by atoms with Gasteiger partial charge >= 0.3 is 0 Å². The summed E-state index contributed by atoms with van der Waals surface area (Å²) in [6.45, 7) is 1.03. The Kier molecular flexibility index (Phi) is 5.60. The molecule has 2 rings (SSSR count). The number of thioether (sulfide) groups is 1. The van der Waals surface area contributed by atoms with Crippen LogP contribution in [0, 0.1) is 10.1 Å². The number of sulfonamides is 1. The number of carbonyl (C=O) groups excluding carboxylic acids is 1. The monoisotopic (exact) mass is 359 g/mol. The maximum absolute atomic E-state index is 12.6. The molecule has 0 bridgehead atoms. The van der Waals surface area contributed by atoms with Crippen LogP contribution in [0.2, 0.25) is 0 Å². The molecule has 1 aliphatic rings. The van der Waals surface area contributed by atoms with Crippen molar-refractivity contribution in [1.82, 2.24) is 9.21 Å². The van der Waals surface area contributed by atoms with Crippen molar-refractivity contribution in [3.05, 3.63) is 34.4 Å². The number of rotatable bonds is 5. The summed E-state index contributed by atoms with van der Waals surface area (Å²) in [6.07, 6.45) is 1.83. The first kappa shape index (κ1) is 17.7. The van der Waals surface area contributed by atoms with E-state index in [-0.39, 0.29) is 29.6 Å². The van der Waals surface area contributed by atoms with E-state index in [1.54, 1.807) is 4.90 Å². The van der Waals surface area contributed by atoms with Gasteiger partial charge in [0.1, 0.15) is 0 Å². The van der Waals surface area contributed by atoms with Gasteiger partial charge in [0.15, 0.2) is 0 Å². The highest BCUT2D eigenvalue weighted by molar-refractivity contribution is 7.99. The number of carbonyl (C=O) groups is 1. The van der Waals surface area contributed by atoms with Gasteiger partial charge in [-0.3, -0.25) is 14.9 Å². The van der Waals surface area contributed by atoms with Gasteiger partial charge < -0.3 is 4.90 Å². The van der Waals surface area contributed by atoms with E-state index < -0.39 is 14.9 Å². The molecule has 0 N–H and O–H groups in total. The minimum atomic E-state index is -3.79. The Hall–Kier alpha value is -1.65. The Morgan fingerprint density at radius 1 is 1.30 bits per heavy atom. The van der Waals surface area contributed by atoms with Gasteiger partial charge in [0.05, 0.1) is 15.6 Å². The first-order valence-electron chi connectivity index (χ1n) is 6.87. The van der Waals surface area contributed by atoms with E-state index in [4.69, 9.17) is 0 Å². The van der Waals surface area contributed by atoms with Crippen LogP contribution in [0.1, 0.15) is 0 Å². The SMILES string of the molecule is CSCC(=O)N1CCN(S(=O)(=O)c2cccc([N+](=O)[O-])c2)CC1. The minimum absolute atomic E-state index is 0.00935. The molecule has 23 heavy (non-hydrogen) atoms. The van der Waals surface area contributed by atoms with Gasteiger partial charge in [0, 0.05) is 38.3 Å². The molecule has 0 aromatic heterocycles. The van der Waals surface area contributed by atoms with Gasteiger partial charge in [-0.2, -0.15) is 16.1 Å². The molecule has 0 atom stereocenters. The average molecular weight is 359 g/mol. The first-order chi connectivity index (χ1) is 10.9. The zero-order chi connectivity index (χ0) is 17.0. The van der Waals surface area contributed by atoms with Gasteiger partial charge in [-0.25, -0.2) is 8.42 Å². The minimum Gasteiger partial charge on any atom is -0.339 e. The average Bonchev–Trinajstić information content (AvgIpc) is 2.55. The smallest absolute Gasteiger partial charge is 0.270 e. The lowest BCUT2D eigenvalue weighted by atomic mass is 10.3. The Bertz CT molecular complexity index is 699. The second kappa shape index (κ2) is 7.28. The molecule has 8 nitrogen and oxygen atoms in total. The number of nitro benzene ring substituents is 1. The van der Waals surface area contributed by atoms with Crippen LogP contribution >= 0.6 is 11.8 Å². The van der Waals surface area contributed by atoms with Gasteiger partial charge in [0.2, 0.25) is 15.9 Å². The molecule has 0 saturated carbocycles. The van der Waals surface area contributed by atoms with Gasteiger partial charge in [-0.15, -0.1) is 0 Å². The number of non-ortho nitro benzene ring substituents is 1. The second-order valence-corrected chi connectivity index (χ2v) is 7.78. The van der Waals surface area contributed by atoms with Crippen LogP contribution in [0.5, 0.6) is 0 Å². The van der Waals surface area contributed by atoms with Crippen molar-refractivity contribution >= 4 is 33.4 Å². The number of nitro groups is 1. The second-order valence-electron chi connectivity index (χ2n) is 4.97. The third-order valence-corrected chi connectivity index (χ3v) is 5.96. The van der Waals surface area contributed by atoms with Crippen molar-refractivity contribution in [1.29, 1.82) is 0 Å². The summed E-state index contributed by atoms with van der Waals surface area (Å²) in [7, 11) is -3.79. The van der Waals surface area contributed by atoms with E-state index in [1.165, 1.54) is 34.3 Å². The Morgan fingerprint density at radius 2 is 1.96 bits per heavy atom. The Morgan fingerprint density at radius 3 is 2.52 bits per heavy atom. The van der Waals surface area contributed by atoms with Crippen LogP contribution in [0.15, 0.2) is 29.2 Å². The van der Waals surface area contributed by atoms with Crippen LogP contribution in [-0.2, 0) is 14.8 Å². The summed E-state index contributed by atoms with van der Waals surface area (Å²) in [5.41, 5.74) is -0.264. The molecule has 0 spiro atoms. The van der Waals surface area contributed by atoms with E-state index >= 15 is 0 Å². The van der Waals surface area contributed by atoms with Crippen molar-refractivity contribution in [3.63, 3.8) is 0 Å². The van der Waals surface area contributed by atoms with Crippen LogP contribution in [0.4, 0.5) is 5.69 Å². The molecular formula is C13H17N3O5S2. The maximum atomic E-state index is 12.6. The van der Waals surface area contributed by atoms with Crippen molar-refractivity contribution in [3.8, 4) is 0 Å². The molecule has 1 amide bonds. The molecule has 1 aliphatic heterocycles. The lowest BCUT2D eigenvalue weighted by molar-refractivity contribution is -0.385. The molecule has 1 fully saturated rings. The van der Waals surface area contributed by atoms with Crippen molar-refractivity contribution in [2.45, 2.75) is 4.90 Å². The van der Waals surface area contributed by atoms with Crippen LogP contribution in [0.3, 0.4) is 0 Å². The fraction of sp³-hybridized carbons (Fsp3) is 0.462. The molecule has 1 saturated heterocycles. The van der Waals surface area contributed by atoms with E-state index in [2.05, 4.69) is 0 Å². The van der Waals surface area contributed by atoms with E-state index in [9.17, 15) is 23.3 Å². The van der Waals surface area contributed by atoms with E-state index in [1.807, 2.05) is 6.26 Å². The van der Waals surface area contributed by atoms with Crippen molar-refractivity contribution in [2.75, 3.05) is 38.2 Å². The molecule has 0 unspecified atom stereocenters. The van der Waals surface area contributed by atoms with E-state index in [0.717, 1.165) is 6.07 Å². The topological polar surface area (TPSA) is 101 Å². The van der Waals surface area contributed by atoms with E-state index in [0.29, 0.717) is 18.8 Å². The summed E-state index contributed by atoms with van der Waals surface area (Å²) in [4.78, 5) is 23.5. The molecule has 10 heteroatoms. The number of amides is 1. The van der Waals surface area contributed by atoms with Crippen molar-refractivity contribution < 1.29 is 18.1 Å². The lowest BCUT2D eigenvalue weighted by Gasteiger charge is -2.33. The quantitative estimate of drug-likeness (QED) is 0.569. The predicted molar refractivity (Wildman–Crippen MR) is 86.8 cm³/mol. The summed E-state index contributed by atoms with van der Waals surface area (Å²) >= 11 is 1.42. The highest BCUT2D eigenvalue weighted by Crippen LogP contribution is 2.22. The number of nitrogens with zero attached hydrogens (tertiary/aromatic N) is 3. The van der Waals surface area contributed by atoms with Crippen molar-refractivity contribution in [2.24, 2.45) is 0 Å². The first-order valence-corrected chi connectivity index (χ1v) is 9.71. The van der Waals surface area contributed by atoms with Crippen LogP contribution in [0.25, 0.3) is 0 Å². The standard InChI is InChI=1S/C13H17N3O5S2/c1-22-10-13(17)14-5-7-15(8-6-14)23(20,21)12-4-2-3-11(9-12)16(18)19/h2-4,9H,5-8,10H2,1H3. The van der Waals surface area contributed by atoms with Gasteiger partial charge in [-0.05, 0) is 12.3 Å². The third kappa shape index (κ3) is 4.01. The molecule has 0 radical (unpaired) electrons. The molecule has 1 heterocycles. The zero-order valence-electron chi connectivity index (χ0n) is 12.5. The fourth-order valence-corrected chi connectivity index (χ4v) is 4.19. The maximum Gasteiger partial charge on any atom is 0.270 e. The summed E-state index contributed by atoms with van der Waals surface area (Å²) < 4.78 is 26.4. The molecular weight excluding hydrogens is 342 g/mol. The number of piperazine rings is 1. The van der Waals surface area contributed by atoms with Gasteiger partial charge in [0.25, 0.3) is 5.69 Å². The van der Waals surface area contributed by atoms with Gasteiger partial charge in [-0.1, -0.05) is 6.07 Å². The largest absolute Gasteiger partial charge is 0.339 e. The Balaban J connectivity index is 2.12. The highest BCUT2D eigenvalue weighted by atomic mass is 32.2. The Labute approximate surface area is 138 Å². The zero-order valence-corrected chi connectivity index (χ0v) is 14.2. The summed E-state index contributed by atoms with van der Waals surface area (Å²) in [5.74, 6) is 0.363. The van der Waals surface area contributed by atoms with Crippen LogP contribution < -0.4 is 0 Å². The summed E-state index contributed by atoms with van der Waals surface area (Å²) in [5, 5.41) is 10.8. The number of hydrogen-bond donors (Lipinski definition) is 0. The third-order valence-electron chi connectivity index (χ3n) is 3.53. The predicted octanol–water partition coefficient (Wildman–Crippen LogP) is 0.791. The summed E-state index contributed by atoms with van der Waals surface area (Å²) in [6, 6.07) is 5.00. The molecule has 0 aliphatic carbocycles. The normalized spacial score (nSPS) is 16.3. The van der Waals surface area contributed by atoms with Crippen LogP contribution in [-0.4, -0.2) is 66.6 Å². The lowest BCUT2D eigenvalue weighted by Crippen LogP contribution is -2.50. The molecule has 126 valence electrons. The highest BCUT2D eigenvalue weighted by Gasteiger charge is 2.30. The molecule has 1 aromatic carbocycles. The number of benzene rings is 1.